The molecule has 1 aromatic rings. The Bertz CT molecular complexity index is 350. The van der Waals surface area contributed by atoms with Crippen LogP contribution in [0.3, 0.4) is 0 Å². The summed E-state index contributed by atoms with van der Waals surface area (Å²) in [6, 6.07) is 6.64. The maximum absolute atomic E-state index is 11.1. The number of rotatable bonds is 4. The fourth-order valence-electron chi connectivity index (χ4n) is 1.21. The standard InChI is InChI=1S/C11H13ClO4/c1-15-8-5-3-7(4-6-8)10(13)9(12)11(14)16-2/h3-6,9-10,13H,1-2H3/t9-,10-/m0/s1. The van der Waals surface area contributed by atoms with Gasteiger partial charge in [0.1, 0.15) is 11.9 Å². The zero-order valence-corrected chi connectivity index (χ0v) is 9.77. The van der Waals surface area contributed by atoms with Gasteiger partial charge in [-0.1, -0.05) is 12.1 Å². The van der Waals surface area contributed by atoms with Gasteiger partial charge in [-0.05, 0) is 17.7 Å². The molecule has 1 aromatic carbocycles. The summed E-state index contributed by atoms with van der Waals surface area (Å²) >= 11 is 5.73. The average Bonchev–Trinajstić information content (AvgIpc) is 2.36. The smallest absolute Gasteiger partial charge is 0.326 e. The SMILES string of the molecule is COC(=O)[C@@H](Cl)[C@@H](O)c1ccc(OC)cc1. The molecule has 0 spiro atoms. The van der Waals surface area contributed by atoms with Crippen molar-refractivity contribution in [2.75, 3.05) is 14.2 Å². The number of carbonyl (C=O) groups excluding carboxylic acids is 1. The van der Waals surface area contributed by atoms with Crippen LogP contribution >= 0.6 is 11.6 Å². The Morgan fingerprint density at radius 1 is 1.31 bits per heavy atom. The average molecular weight is 245 g/mol. The number of hydrogen-bond donors (Lipinski definition) is 1. The molecule has 0 bridgehead atoms. The lowest BCUT2D eigenvalue weighted by Crippen LogP contribution is -2.23. The second-order valence-electron chi connectivity index (χ2n) is 3.14. The van der Waals surface area contributed by atoms with Crippen LogP contribution in [0.2, 0.25) is 0 Å². The molecule has 0 fully saturated rings. The van der Waals surface area contributed by atoms with Crippen molar-refractivity contribution in [2.45, 2.75) is 11.5 Å². The van der Waals surface area contributed by atoms with Crippen molar-refractivity contribution >= 4 is 17.6 Å². The van der Waals surface area contributed by atoms with Crippen LogP contribution in [0.15, 0.2) is 24.3 Å². The lowest BCUT2D eigenvalue weighted by Gasteiger charge is -2.15. The number of aliphatic hydroxyl groups excluding tert-OH is 1. The van der Waals surface area contributed by atoms with Crippen LogP contribution in [0.4, 0.5) is 0 Å². The molecule has 0 radical (unpaired) electrons. The highest BCUT2D eigenvalue weighted by atomic mass is 35.5. The van der Waals surface area contributed by atoms with E-state index in [0.717, 1.165) is 0 Å². The van der Waals surface area contributed by atoms with Crippen molar-refractivity contribution in [1.29, 1.82) is 0 Å². The molecule has 0 heterocycles. The fourth-order valence-corrected chi connectivity index (χ4v) is 1.45. The van der Waals surface area contributed by atoms with Gasteiger partial charge in [-0.2, -0.15) is 0 Å². The van der Waals surface area contributed by atoms with Crippen molar-refractivity contribution < 1.29 is 19.4 Å². The van der Waals surface area contributed by atoms with Crippen LogP contribution in [0.1, 0.15) is 11.7 Å². The van der Waals surface area contributed by atoms with E-state index in [-0.39, 0.29) is 0 Å². The predicted octanol–water partition coefficient (Wildman–Crippen LogP) is 1.51. The largest absolute Gasteiger partial charge is 0.497 e. The minimum Gasteiger partial charge on any atom is -0.497 e. The summed E-state index contributed by atoms with van der Waals surface area (Å²) in [7, 11) is 2.77. The normalized spacial score (nSPS) is 14.0. The predicted molar refractivity (Wildman–Crippen MR) is 59.6 cm³/mol. The number of esters is 1. The maximum atomic E-state index is 11.1. The summed E-state index contributed by atoms with van der Waals surface area (Å²) in [6.07, 6.45) is -1.10. The van der Waals surface area contributed by atoms with Gasteiger partial charge in [0.2, 0.25) is 0 Å². The van der Waals surface area contributed by atoms with Crippen LogP contribution in [-0.2, 0) is 9.53 Å². The third kappa shape index (κ3) is 2.87. The molecule has 0 aliphatic carbocycles. The van der Waals surface area contributed by atoms with Crippen LogP contribution < -0.4 is 4.74 Å². The van der Waals surface area contributed by atoms with E-state index >= 15 is 0 Å². The van der Waals surface area contributed by atoms with Gasteiger partial charge in [0.15, 0.2) is 5.38 Å². The minimum atomic E-state index is -1.11. The second-order valence-corrected chi connectivity index (χ2v) is 3.61. The highest BCUT2D eigenvalue weighted by Gasteiger charge is 2.26. The fraction of sp³-hybridized carbons (Fsp3) is 0.364. The molecule has 0 aliphatic rings. The quantitative estimate of drug-likeness (QED) is 0.644. The van der Waals surface area contributed by atoms with Crippen LogP contribution in [0.25, 0.3) is 0 Å². The molecule has 0 unspecified atom stereocenters. The Morgan fingerprint density at radius 3 is 2.31 bits per heavy atom. The van der Waals surface area contributed by atoms with Crippen molar-refractivity contribution in [3.05, 3.63) is 29.8 Å². The van der Waals surface area contributed by atoms with Gasteiger partial charge >= 0.3 is 5.97 Å². The molecular formula is C11H13ClO4. The third-order valence-electron chi connectivity index (χ3n) is 2.16. The first-order valence-corrected chi connectivity index (χ1v) is 5.07. The van der Waals surface area contributed by atoms with Crippen molar-refractivity contribution in [3.63, 3.8) is 0 Å². The summed E-state index contributed by atoms with van der Waals surface area (Å²) in [5.74, 6) is 0.00475. The Hall–Kier alpha value is -1.26. The monoisotopic (exact) mass is 244 g/mol. The summed E-state index contributed by atoms with van der Waals surface area (Å²) in [6.45, 7) is 0. The third-order valence-corrected chi connectivity index (χ3v) is 2.58. The molecule has 4 nitrogen and oxygen atoms in total. The molecule has 16 heavy (non-hydrogen) atoms. The van der Waals surface area contributed by atoms with E-state index in [4.69, 9.17) is 16.3 Å². The van der Waals surface area contributed by atoms with Crippen molar-refractivity contribution in [3.8, 4) is 5.75 Å². The molecule has 0 saturated heterocycles. The number of methoxy groups -OCH3 is 2. The van der Waals surface area contributed by atoms with Gasteiger partial charge in [0, 0.05) is 0 Å². The van der Waals surface area contributed by atoms with Gasteiger partial charge in [0.05, 0.1) is 14.2 Å². The number of ether oxygens (including phenoxy) is 2. The Labute approximate surface area is 98.7 Å². The van der Waals surface area contributed by atoms with E-state index in [1.54, 1.807) is 31.4 Å². The highest BCUT2D eigenvalue weighted by molar-refractivity contribution is 6.30. The van der Waals surface area contributed by atoms with E-state index in [9.17, 15) is 9.90 Å². The van der Waals surface area contributed by atoms with Crippen LogP contribution in [0, 0.1) is 0 Å². The number of benzene rings is 1. The van der Waals surface area contributed by atoms with Gasteiger partial charge in [-0.3, -0.25) is 4.79 Å². The summed E-state index contributed by atoms with van der Waals surface area (Å²) in [5.41, 5.74) is 0.534. The first-order chi connectivity index (χ1) is 7.60. The molecule has 5 heteroatoms. The number of aliphatic hydroxyl groups is 1. The number of halogens is 1. The highest BCUT2D eigenvalue weighted by Crippen LogP contribution is 2.23. The van der Waals surface area contributed by atoms with Crippen LogP contribution in [-0.4, -0.2) is 30.7 Å². The van der Waals surface area contributed by atoms with Gasteiger partial charge in [-0.15, -0.1) is 11.6 Å². The van der Waals surface area contributed by atoms with E-state index in [1.807, 2.05) is 0 Å². The topological polar surface area (TPSA) is 55.8 Å². The van der Waals surface area contributed by atoms with Crippen molar-refractivity contribution in [2.24, 2.45) is 0 Å². The second kappa shape index (κ2) is 5.72. The molecule has 0 saturated carbocycles. The number of carbonyl (C=O) groups is 1. The summed E-state index contributed by atoms with van der Waals surface area (Å²) in [5, 5.41) is 8.67. The lowest BCUT2D eigenvalue weighted by molar-refractivity contribution is -0.142. The first-order valence-electron chi connectivity index (χ1n) is 4.64. The lowest BCUT2D eigenvalue weighted by atomic mass is 10.1. The molecule has 88 valence electrons. The molecule has 2 atom stereocenters. The van der Waals surface area contributed by atoms with Crippen LogP contribution in [0.5, 0.6) is 5.75 Å². The number of hydrogen-bond acceptors (Lipinski definition) is 4. The minimum absolute atomic E-state index is 0.534. The van der Waals surface area contributed by atoms with E-state index in [0.29, 0.717) is 11.3 Å². The molecular weight excluding hydrogens is 232 g/mol. The molecule has 1 N–H and O–H groups in total. The van der Waals surface area contributed by atoms with Gasteiger partial charge < -0.3 is 14.6 Å². The molecule has 0 amide bonds. The molecule has 0 aromatic heterocycles. The Balaban J connectivity index is 2.79. The summed E-state index contributed by atoms with van der Waals surface area (Å²) in [4.78, 5) is 11.1. The zero-order chi connectivity index (χ0) is 12.1. The number of alkyl halides is 1. The Kier molecular flexibility index (Phi) is 4.58. The van der Waals surface area contributed by atoms with E-state index < -0.39 is 17.5 Å². The Morgan fingerprint density at radius 2 is 1.88 bits per heavy atom. The maximum Gasteiger partial charge on any atom is 0.326 e. The summed E-state index contributed by atoms with van der Waals surface area (Å²) < 4.78 is 9.42. The molecule has 0 aliphatic heterocycles. The zero-order valence-electron chi connectivity index (χ0n) is 9.01. The van der Waals surface area contributed by atoms with Crippen molar-refractivity contribution in [1.82, 2.24) is 0 Å². The van der Waals surface area contributed by atoms with E-state index in [2.05, 4.69) is 4.74 Å². The molecule has 1 rings (SSSR count). The van der Waals surface area contributed by atoms with Gasteiger partial charge in [-0.25, -0.2) is 0 Å². The first kappa shape index (κ1) is 12.8. The van der Waals surface area contributed by atoms with E-state index in [1.165, 1.54) is 7.11 Å². The van der Waals surface area contributed by atoms with Gasteiger partial charge in [0.25, 0.3) is 0 Å².